The Bertz CT molecular complexity index is 757. The van der Waals surface area contributed by atoms with Crippen LogP contribution in [0.2, 0.25) is 0 Å². The normalized spacial score (nSPS) is 29.9. The Hall–Kier alpha value is -1.93. The highest BCUT2D eigenvalue weighted by molar-refractivity contribution is 7.98. The summed E-state index contributed by atoms with van der Waals surface area (Å²) >= 11 is 1.57. The van der Waals surface area contributed by atoms with Crippen LogP contribution in [-0.4, -0.2) is 53.9 Å². The smallest absolute Gasteiger partial charge is 0.368 e. The van der Waals surface area contributed by atoms with Crippen LogP contribution in [0.25, 0.3) is 0 Å². The predicted octanol–water partition coefficient (Wildman–Crippen LogP) is 0.730. The maximum Gasteiger partial charge on any atom is 0.368 e. The minimum Gasteiger partial charge on any atom is -0.464 e. The average Bonchev–Trinajstić information content (AvgIpc) is 3.14. The minimum absolute atomic E-state index is 0.264. The van der Waals surface area contributed by atoms with Crippen molar-refractivity contribution in [2.45, 2.75) is 24.9 Å². The fraction of sp³-hybridized carbons (Fsp3) is 0.526. The van der Waals surface area contributed by atoms with Crippen LogP contribution in [0.5, 0.6) is 0 Å². The standard InChI is InChI=1S/C19H23FN2O4S/c1-4-22-16(23)13-14(17(22)24)19(9-10-27-3,18(25)26-2)21-15(13)11-5-7-12(20)8-6-11/h5-8,13-15,21H,4,9-10H2,1-3H3/p+1/t13-,14-,15+,19+/m0/s1. The Kier molecular flexibility index (Phi) is 5.58. The summed E-state index contributed by atoms with van der Waals surface area (Å²) < 4.78 is 18.5. The van der Waals surface area contributed by atoms with Crippen molar-refractivity contribution in [1.82, 2.24) is 4.90 Å². The second kappa shape index (κ2) is 7.59. The zero-order chi connectivity index (χ0) is 19.8. The highest BCUT2D eigenvalue weighted by Gasteiger charge is 2.71. The van der Waals surface area contributed by atoms with E-state index in [9.17, 15) is 18.8 Å². The number of esters is 1. The molecule has 27 heavy (non-hydrogen) atoms. The quantitative estimate of drug-likeness (QED) is 0.567. The number of methoxy groups -OCH3 is 1. The number of carbonyl (C=O) groups is 3. The van der Waals surface area contributed by atoms with E-state index in [0.29, 0.717) is 12.2 Å². The van der Waals surface area contributed by atoms with Gasteiger partial charge in [-0.05, 0) is 31.1 Å². The van der Waals surface area contributed by atoms with Crippen LogP contribution in [0.4, 0.5) is 4.39 Å². The van der Waals surface area contributed by atoms with Gasteiger partial charge in [0.05, 0.1) is 7.11 Å². The van der Waals surface area contributed by atoms with Gasteiger partial charge < -0.3 is 10.1 Å². The summed E-state index contributed by atoms with van der Waals surface area (Å²) in [5, 5.41) is 1.81. The largest absolute Gasteiger partial charge is 0.464 e. The number of hydrogen-bond donors (Lipinski definition) is 1. The Balaban J connectivity index is 2.12. The molecule has 0 bridgehead atoms. The number of quaternary nitrogens is 1. The number of thioether (sulfide) groups is 1. The summed E-state index contributed by atoms with van der Waals surface area (Å²) in [5.74, 6) is -2.25. The first-order valence-electron chi connectivity index (χ1n) is 8.95. The molecule has 2 aliphatic heterocycles. The number of halogens is 1. The minimum atomic E-state index is -1.15. The van der Waals surface area contributed by atoms with Gasteiger partial charge in [-0.15, -0.1) is 0 Å². The summed E-state index contributed by atoms with van der Waals surface area (Å²) in [5.41, 5.74) is -0.432. The highest BCUT2D eigenvalue weighted by Crippen LogP contribution is 2.45. The number of rotatable bonds is 6. The molecular weight excluding hydrogens is 371 g/mol. The van der Waals surface area contributed by atoms with Crippen LogP contribution >= 0.6 is 11.8 Å². The van der Waals surface area contributed by atoms with Gasteiger partial charge in [-0.2, -0.15) is 11.8 Å². The summed E-state index contributed by atoms with van der Waals surface area (Å²) in [7, 11) is 1.30. The topological polar surface area (TPSA) is 80.3 Å². The van der Waals surface area contributed by atoms with Crippen LogP contribution in [0.15, 0.2) is 24.3 Å². The summed E-state index contributed by atoms with van der Waals surface area (Å²) in [6.07, 6.45) is 2.34. The van der Waals surface area contributed by atoms with Gasteiger partial charge in [0, 0.05) is 18.5 Å². The van der Waals surface area contributed by atoms with Crippen molar-refractivity contribution in [2.24, 2.45) is 11.8 Å². The van der Waals surface area contributed by atoms with E-state index in [0.717, 1.165) is 5.56 Å². The molecule has 1 aromatic carbocycles. The van der Waals surface area contributed by atoms with Crippen molar-refractivity contribution in [3.63, 3.8) is 0 Å². The first kappa shape index (κ1) is 19.8. The highest BCUT2D eigenvalue weighted by atomic mass is 32.2. The molecule has 0 aliphatic carbocycles. The van der Waals surface area contributed by atoms with E-state index >= 15 is 0 Å². The van der Waals surface area contributed by atoms with Gasteiger partial charge in [0.2, 0.25) is 17.4 Å². The molecule has 8 heteroatoms. The molecule has 2 saturated heterocycles. The molecule has 2 N–H and O–H groups in total. The molecule has 0 spiro atoms. The molecule has 2 amide bonds. The number of imide groups is 1. The van der Waals surface area contributed by atoms with E-state index in [1.807, 2.05) is 6.26 Å². The number of fused-ring (bicyclic) bond motifs is 1. The van der Waals surface area contributed by atoms with Crippen molar-refractivity contribution in [2.75, 3.05) is 25.7 Å². The van der Waals surface area contributed by atoms with Crippen LogP contribution in [0.3, 0.4) is 0 Å². The van der Waals surface area contributed by atoms with Gasteiger partial charge in [0.25, 0.3) is 0 Å². The van der Waals surface area contributed by atoms with E-state index in [-0.39, 0.29) is 24.2 Å². The fourth-order valence-corrected chi connectivity index (χ4v) is 5.02. The SMILES string of the molecule is CCN1C(=O)[C@@H]2[C@@H](c3ccc(F)cc3)[NH2+][C@@](CCSC)(C(=O)OC)[C@@H]2C1=O. The lowest BCUT2D eigenvalue weighted by Crippen LogP contribution is -2.98. The molecule has 0 aromatic heterocycles. The molecule has 0 saturated carbocycles. The number of hydrogen-bond acceptors (Lipinski definition) is 5. The molecule has 2 heterocycles. The third-order valence-electron chi connectivity index (χ3n) is 5.72. The molecule has 0 unspecified atom stereocenters. The van der Waals surface area contributed by atoms with Gasteiger partial charge in [-0.1, -0.05) is 12.1 Å². The second-order valence-electron chi connectivity index (χ2n) is 6.94. The number of carbonyl (C=O) groups excluding carboxylic acids is 3. The Labute approximate surface area is 161 Å². The summed E-state index contributed by atoms with van der Waals surface area (Å²) in [6, 6.07) is 5.45. The summed E-state index contributed by atoms with van der Waals surface area (Å²) in [4.78, 5) is 40.2. The van der Waals surface area contributed by atoms with E-state index in [1.165, 1.54) is 24.1 Å². The van der Waals surface area contributed by atoms with Crippen molar-refractivity contribution < 1.29 is 28.8 Å². The third-order valence-corrected chi connectivity index (χ3v) is 6.33. The molecular formula is C19H24FN2O4S+. The second-order valence-corrected chi connectivity index (χ2v) is 7.93. The summed E-state index contributed by atoms with van der Waals surface area (Å²) in [6.45, 7) is 2.01. The maximum absolute atomic E-state index is 13.4. The van der Waals surface area contributed by atoms with Crippen LogP contribution in [0.1, 0.15) is 24.9 Å². The fourth-order valence-electron chi connectivity index (χ4n) is 4.48. The Morgan fingerprint density at radius 3 is 2.52 bits per heavy atom. The number of nitrogens with two attached hydrogens (primary N) is 1. The number of benzene rings is 1. The average molecular weight is 395 g/mol. The first-order valence-corrected chi connectivity index (χ1v) is 10.3. The predicted molar refractivity (Wildman–Crippen MR) is 98.2 cm³/mol. The molecule has 1 aromatic rings. The molecule has 4 atom stereocenters. The van der Waals surface area contributed by atoms with Gasteiger partial charge in [-0.3, -0.25) is 14.5 Å². The van der Waals surface area contributed by atoms with Gasteiger partial charge in [0.1, 0.15) is 23.7 Å². The van der Waals surface area contributed by atoms with Crippen LogP contribution in [0, 0.1) is 17.7 Å². The maximum atomic E-state index is 13.4. The van der Waals surface area contributed by atoms with E-state index in [4.69, 9.17) is 4.74 Å². The van der Waals surface area contributed by atoms with Gasteiger partial charge in [0.15, 0.2) is 0 Å². The van der Waals surface area contributed by atoms with Crippen molar-refractivity contribution in [1.29, 1.82) is 0 Å². The number of likely N-dealkylation sites (tertiary alicyclic amines) is 1. The first-order chi connectivity index (χ1) is 12.9. The van der Waals surface area contributed by atoms with Crippen molar-refractivity contribution in [3.8, 4) is 0 Å². The monoisotopic (exact) mass is 395 g/mol. The number of ether oxygens (including phenoxy) is 1. The lowest BCUT2D eigenvalue weighted by Gasteiger charge is -2.29. The molecule has 6 nitrogen and oxygen atoms in total. The lowest BCUT2D eigenvalue weighted by atomic mass is 9.78. The van der Waals surface area contributed by atoms with Gasteiger partial charge in [-0.25, -0.2) is 9.18 Å². The van der Waals surface area contributed by atoms with E-state index in [1.54, 1.807) is 36.1 Å². The van der Waals surface area contributed by atoms with Crippen LogP contribution < -0.4 is 5.32 Å². The van der Waals surface area contributed by atoms with Crippen LogP contribution in [-0.2, 0) is 19.1 Å². The van der Waals surface area contributed by atoms with E-state index in [2.05, 4.69) is 0 Å². The zero-order valence-corrected chi connectivity index (χ0v) is 16.4. The van der Waals surface area contributed by atoms with Gasteiger partial charge >= 0.3 is 5.97 Å². The Morgan fingerprint density at radius 1 is 1.30 bits per heavy atom. The Morgan fingerprint density at radius 2 is 1.96 bits per heavy atom. The number of amides is 2. The van der Waals surface area contributed by atoms with Crippen molar-refractivity contribution >= 4 is 29.5 Å². The molecule has 146 valence electrons. The zero-order valence-electron chi connectivity index (χ0n) is 15.6. The molecule has 2 fully saturated rings. The third kappa shape index (κ3) is 3.04. The number of nitrogens with zero attached hydrogens (tertiary/aromatic N) is 1. The lowest BCUT2D eigenvalue weighted by molar-refractivity contribution is -0.734. The van der Waals surface area contributed by atoms with E-state index < -0.39 is 29.4 Å². The van der Waals surface area contributed by atoms with Crippen molar-refractivity contribution in [3.05, 3.63) is 35.6 Å². The molecule has 3 rings (SSSR count). The molecule has 0 radical (unpaired) electrons. The molecule has 2 aliphatic rings.